The zero-order chi connectivity index (χ0) is 29.1. The molecule has 41 heavy (non-hydrogen) atoms. The quantitative estimate of drug-likeness (QED) is 0.246. The minimum Gasteiger partial charge on any atom is -0.456 e. The van der Waals surface area contributed by atoms with Crippen LogP contribution in [-0.4, -0.2) is 45.2 Å². The number of aryl methyl sites for hydroxylation is 2. The number of aromatic nitrogens is 3. The Morgan fingerprint density at radius 3 is 2.54 bits per heavy atom. The van der Waals surface area contributed by atoms with Crippen LogP contribution >= 0.6 is 0 Å². The van der Waals surface area contributed by atoms with Crippen LogP contribution in [0.4, 0.5) is 10.5 Å². The van der Waals surface area contributed by atoms with Gasteiger partial charge >= 0.3 is 12.0 Å². The number of urea groups is 1. The summed E-state index contributed by atoms with van der Waals surface area (Å²) in [6.07, 6.45) is 3.86. The smallest absolute Gasteiger partial charge is 0.339 e. The van der Waals surface area contributed by atoms with Crippen LogP contribution < -0.4 is 10.2 Å². The van der Waals surface area contributed by atoms with Gasteiger partial charge in [-0.1, -0.05) is 55.8 Å². The van der Waals surface area contributed by atoms with Gasteiger partial charge in [0, 0.05) is 19.5 Å². The molecule has 214 valence electrons. The van der Waals surface area contributed by atoms with Gasteiger partial charge in [-0.05, 0) is 69.4 Å². The standard InChI is InChI=1S/C33H39N5O3/c1-6-7-13-29-36-27-20-28(37-19-10-18-34-32(37)40)22(2)35-30(27)38(29)21-23-14-16-24(17-15-23)25-11-8-9-12-26(25)31(39)41-33(3,4)5/h8-9,11-12,14-17,20H,6-7,10,13,18-19,21H2,1-5H3,(H,34,40). The van der Waals surface area contributed by atoms with E-state index in [2.05, 4.69) is 41.1 Å². The molecule has 1 N–H and O–H groups in total. The summed E-state index contributed by atoms with van der Waals surface area (Å²) >= 11 is 0. The number of nitrogens with one attached hydrogen (secondary N) is 1. The lowest BCUT2D eigenvalue weighted by Gasteiger charge is -2.28. The van der Waals surface area contributed by atoms with Crippen LogP contribution in [0.25, 0.3) is 22.3 Å². The average Bonchev–Trinajstić information content (AvgIpc) is 3.27. The first-order valence-electron chi connectivity index (χ1n) is 14.5. The molecule has 1 aliphatic rings. The van der Waals surface area contributed by atoms with Gasteiger partial charge in [0.1, 0.15) is 16.9 Å². The van der Waals surface area contributed by atoms with E-state index >= 15 is 0 Å². The van der Waals surface area contributed by atoms with Crippen molar-refractivity contribution in [1.29, 1.82) is 0 Å². The zero-order valence-corrected chi connectivity index (χ0v) is 24.7. The zero-order valence-electron chi connectivity index (χ0n) is 24.7. The van der Waals surface area contributed by atoms with Gasteiger partial charge in [0.2, 0.25) is 0 Å². The number of hydrogen-bond acceptors (Lipinski definition) is 5. The summed E-state index contributed by atoms with van der Waals surface area (Å²) in [5.74, 6) is 0.666. The molecule has 8 heteroatoms. The molecule has 0 saturated carbocycles. The number of hydrogen-bond donors (Lipinski definition) is 1. The first-order chi connectivity index (χ1) is 19.6. The van der Waals surface area contributed by atoms with Crippen LogP contribution in [0.2, 0.25) is 0 Å². The molecule has 4 aromatic rings. The Morgan fingerprint density at radius 1 is 1.07 bits per heavy atom. The molecule has 1 fully saturated rings. The summed E-state index contributed by atoms with van der Waals surface area (Å²) < 4.78 is 7.84. The van der Waals surface area contributed by atoms with Gasteiger partial charge in [-0.3, -0.25) is 4.90 Å². The summed E-state index contributed by atoms with van der Waals surface area (Å²) in [5.41, 5.74) is 6.15. The maximum absolute atomic E-state index is 12.9. The Labute approximate surface area is 241 Å². The van der Waals surface area contributed by atoms with Crippen molar-refractivity contribution >= 4 is 28.9 Å². The molecule has 0 spiro atoms. The number of anilines is 1. The van der Waals surface area contributed by atoms with Crippen LogP contribution in [0.5, 0.6) is 0 Å². The van der Waals surface area contributed by atoms with E-state index in [4.69, 9.17) is 14.7 Å². The molecule has 0 aliphatic carbocycles. The van der Waals surface area contributed by atoms with Crippen molar-refractivity contribution in [2.24, 2.45) is 0 Å². The Balaban J connectivity index is 1.46. The van der Waals surface area contributed by atoms with Gasteiger partial charge in [-0.25, -0.2) is 19.6 Å². The summed E-state index contributed by atoms with van der Waals surface area (Å²) in [5, 5.41) is 2.93. The minimum atomic E-state index is -0.565. The number of esters is 1. The van der Waals surface area contributed by atoms with Gasteiger partial charge < -0.3 is 14.6 Å². The Morgan fingerprint density at radius 2 is 1.83 bits per heavy atom. The summed E-state index contributed by atoms with van der Waals surface area (Å²) in [4.78, 5) is 37.1. The third-order valence-corrected chi connectivity index (χ3v) is 7.24. The first kappa shape index (κ1) is 28.3. The van der Waals surface area contributed by atoms with E-state index < -0.39 is 5.60 Å². The van der Waals surface area contributed by atoms with E-state index in [9.17, 15) is 9.59 Å². The number of pyridine rings is 1. The molecule has 2 aromatic carbocycles. The van der Waals surface area contributed by atoms with Gasteiger partial charge in [0.25, 0.3) is 0 Å². The lowest BCUT2D eigenvalue weighted by molar-refractivity contribution is 0.00704. The summed E-state index contributed by atoms with van der Waals surface area (Å²) in [6, 6.07) is 17.8. The largest absolute Gasteiger partial charge is 0.456 e. The number of ether oxygens (including phenoxy) is 1. The number of carbonyl (C=O) groups is 2. The van der Waals surface area contributed by atoms with Crippen molar-refractivity contribution in [1.82, 2.24) is 19.9 Å². The van der Waals surface area contributed by atoms with E-state index in [-0.39, 0.29) is 12.0 Å². The highest BCUT2D eigenvalue weighted by molar-refractivity contribution is 5.97. The number of imidazole rings is 1. The molecule has 3 heterocycles. The SMILES string of the molecule is CCCCc1nc2cc(N3CCCNC3=O)c(C)nc2n1Cc1ccc(-c2ccccc2C(=O)OC(C)(C)C)cc1. The topological polar surface area (TPSA) is 89.4 Å². The second kappa shape index (κ2) is 11.7. The molecule has 1 aliphatic heterocycles. The van der Waals surface area contributed by atoms with E-state index in [1.807, 2.05) is 58.0 Å². The Hall–Kier alpha value is -4.20. The van der Waals surface area contributed by atoms with Crippen LogP contribution in [0.15, 0.2) is 54.6 Å². The van der Waals surface area contributed by atoms with Crippen LogP contribution in [0.1, 0.15) is 74.4 Å². The number of fused-ring (bicyclic) bond motifs is 1. The summed E-state index contributed by atoms with van der Waals surface area (Å²) in [7, 11) is 0. The van der Waals surface area contributed by atoms with E-state index in [0.29, 0.717) is 25.2 Å². The molecule has 1 saturated heterocycles. The molecule has 2 aromatic heterocycles. The predicted molar refractivity (Wildman–Crippen MR) is 162 cm³/mol. The van der Waals surface area contributed by atoms with Crippen molar-refractivity contribution in [2.45, 2.75) is 72.4 Å². The number of carbonyl (C=O) groups excluding carboxylic acids is 2. The van der Waals surface area contributed by atoms with Gasteiger partial charge in [-0.2, -0.15) is 0 Å². The third-order valence-electron chi connectivity index (χ3n) is 7.24. The van der Waals surface area contributed by atoms with Crippen molar-refractivity contribution in [3.05, 3.63) is 77.2 Å². The molecule has 8 nitrogen and oxygen atoms in total. The van der Waals surface area contributed by atoms with Crippen LogP contribution in [0, 0.1) is 6.92 Å². The van der Waals surface area contributed by atoms with Gasteiger partial charge in [-0.15, -0.1) is 0 Å². The predicted octanol–water partition coefficient (Wildman–Crippen LogP) is 6.67. The van der Waals surface area contributed by atoms with E-state index in [1.54, 1.807) is 4.90 Å². The van der Waals surface area contributed by atoms with Crippen LogP contribution in [-0.2, 0) is 17.7 Å². The van der Waals surface area contributed by atoms with Gasteiger partial charge in [0.05, 0.1) is 23.5 Å². The molecular formula is C33H39N5O3. The molecule has 0 bridgehead atoms. The van der Waals surface area contributed by atoms with E-state index in [0.717, 1.165) is 70.7 Å². The average molecular weight is 554 g/mol. The van der Waals surface area contributed by atoms with Crippen molar-refractivity contribution < 1.29 is 14.3 Å². The third kappa shape index (κ3) is 6.26. The fourth-order valence-electron chi connectivity index (χ4n) is 5.22. The van der Waals surface area contributed by atoms with Crippen molar-refractivity contribution in [2.75, 3.05) is 18.0 Å². The number of amides is 2. The Bertz CT molecular complexity index is 1570. The fourth-order valence-corrected chi connectivity index (χ4v) is 5.22. The second-order valence-corrected chi connectivity index (χ2v) is 11.6. The molecule has 0 atom stereocenters. The molecule has 0 radical (unpaired) electrons. The normalized spacial score (nSPS) is 13.9. The maximum Gasteiger partial charge on any atom is 0.339 e. The molecular weight excluding hydrogens is 514 g/mol. The van der Waals surface area contributed by atoms with Crippen LogP contribution in [0.3, 0.4) is 0 Å². The number of benzene rings is 2. The summed E-state index contributed by atoms with van der Waals surface area (Å²) in [6.45, 7) is 11.7. The highest BCUT2D eigenvalue weighted by Gasteiger charge is 2.24. The highest BCUT2D eigenvalue weighted by Crippen LogP contribution is 2.29. The second-order valence-electron chi connectivity index (χ2n) is 11.6. The fraction of sp³-hybridized carbons (Fsp3) is 0.394. The lowest BCUT2D eigenvalue weighted by Crippen LogP contribution is -2.46. The minimum absolute atomic E-state index is 0.0838. The lowest BCUT2D eigenvalue weighted by atomic mass is 9.98. The van der Waals surface area contributed by atoms with E-state index in [1.165, 1.54) is 0 Å². The monoisotopic (exact) mass is 553 g/mol. The highest BCUT2D eigenvalue weighted by atomic mass is 16.6. The Kier molecular flexibility index (Phi) is 8.10. The number of unbranched alkanes of at least 4 members (excludes halogenated alkanes) is 1. The molecule has 0 unspecified atom stereocenters. The van der Waals surface area contributed by atoms with Crippen molar-refractivity contribution in [3.63, 3.8) is 0 Å². The number of rotatable bonds is 8. The first-order valence-corrected chi connectivity index (χ1v) is 14.5. The maximum atomic E-state index is 12.9. The van der Waals surface area contributed by atoms with Gasteiger partial charge in [0.15, 0.2) is 5.65 Å². The molecule has 5 rings (SSSR count). The number of nitrogens with zero attached hydrogens (tertiary/aromatic N) is 4. The molecule has 2 amide bonds. The van der Waals surface area contributed by atoms with Crippen molar-refractivity contribution in [3.8, 4) is 11.1 Å².